The van der Waals surface area contributed by atoms with E-state index in [1.165, 1.54) is 0 Å². The molecule has 0 bridgehead atoms. The minimum absolute atomic E-state index is 0.0701. The van der Waals surface area contributed by atoms with Crippen molar-refractivity contribution in [3.05, 3.63) is 59.7 Å². The zero-order valence-electron chi connectivity index (χ0n) is 14.8. The number of hydrogen-bond donors (Lipinski definition) is 2. The predicted octanol–water partition coefficient (Wildman–Crippen LogP) is 3.54. The van der Waals surface area contributed by atoms with Gasteiger partial charge < -0.3 is 15.4 Å². The molecule has 0 aliphatic rings. The van der Waals surface area contributed by atoms with Crippen LogP contribution in [0.1, 0.15) is 36.2 Å². The predicted molar refractivity (Wildman–Crippen MR) is 99.0 cm³/mol. The molecule has 2 aromatic carbocycles. The Labute approximate surface area is 148 Å². The summed E-state index contributed by atoms with van der Waals surface area (Å²) in [6.45, 7) is 5.89. The first-order valence-corrected chi connectivity index (χ1v) is 8.38. The third kappa shape index (κ3) is 5.95. The van der Waals surface area contributed by atoms with Crippen LogP contribution in [0.15, 0.2) is 48.5 Å². The van der Waals surface area contributed by atoms with Crippen LogP contribution in [0.4, 0.5) is 5.69 Å². The van der Waals surface area contributed by atoms with Gasteiger partial charge in [0.15, 0.2) is 6.61 Å². The number of rotatable bonds is 7. The molecule has 0 aromatic heterocycles. The highest BCUT2D eigenvalue weighted by Crippen LogP contribution is 2.12. The Balaban J connectivity index is 1.84. The second-order valence-electron chi connectivity index (χ2n) is 6.01. The highest BCUT2D eigenvalue weighted by molar-refractivity contribution is 5.96. The molecule has 0 heterocycles. The third-order valence-corrected chi connectivity index (χ3v) is 3.81. The maximum atomic E-state index is 12.0. The summed E-state index contributed by atoms with van der Waals surface area (Å²) in [6.07, 6.45) is 0.876. The molecule has 0 aliphatic heterocycles. The fourth-order valence-corrected chi connectivity index (χ4v) is 2.09. The van der Waals surface area contributed by atoms with Crippen molar-refractivity contribution >= 4 is 17.5 Å². The molecule has 5 nitrogen and oxygen atoms in total. The lowest BCUT2D eigenvalue weighted by atomic mass is 10.1. The molecule has 2 rings (SSSR count). The smallest absolute Gasteiger partial charge is 0.262 e. The molecule has 132 valence electrons. The molecule has 0 aliphatic carbocycles. The van der Waals surface area contributed by atoms with Gasteiger partial charge in [-0.2, -0.15) is 0 Å². The van der Waals surface area contributed by atoms with Gasteiger partial charge in [-0.3, -0.25) is 9.59 Å². The van der Waals surface area contributed by atoms with Crippen LogP contribution in [0, 0.1) is 6.92 Å². The summed E-state index contributed by atoms with van der Waals surface area (Å²) in [6, 6.07) is 14.4. The van der Waals surface area contributed by atoms with Crippen LogP contribution in [-0.4, -0.2) is 24.5 Å². The van der Waals surface area contributed by atoms with Crippen LogP contribution in [0.5, 0.6) is 5.75 Å². The molecule has 0 spiro atoms. The van der Waals surface area contributed by atoms with E-state index >= 15 is 0 Å². The molecule has 2 N–H and O–H groups in total. The molecular weight excluding hydrogens is 316 g/mol. The summed E-state index contributed by atoms with van der Waals surface area (Å²) >= 11 is 0. The second-order valence-corrected chi connectivity index (χ2v) is 6.01. The Morgan fingerprint density at radius 2 is 1.68 bits per heavy atom. The topological polar surface area (TPSA) is 67.4 Å². The zero-order chi connectivity index (χ0) is 18.2. The number of benzene rings is 2. The average molecular weight is 340 g/mol. The van der Waals surface area contributed by atoms with Gasteiger partial charge in [0.25, 0.3) is 11.8 Å². The molecule has 25 heavy (non-hydrogen) atoms. The van der Waals surface area contributed by atoms with Gasteiger partial charge in [0.1, 0.15) is 5.75 Å². The monoisotopic (exact) mass is 340 g/mol. The molecule has 0 saturated carbocycles. The molecule has 0 radical (unpaired) electrons. The van der Waals surface area contributed by atoms with Gasteiger partial charge in [-0.25, -0.2) is 0 Å². The molecule has 1 atom stereocenters. The number of nitrogens with one attached hydrogen (secondary N) is 2. The van der Waals surface area contributed by atoms with Crippen molar-refractivity contribution < 1.29 is 14.3 Å². The van der Waals surface area contributed by atoms with Gasteiger partial charge in [0.2, 0.25) is 0 Å². The number of anilines is 1. The van der Waals surface area contributed by atoms with E-state index in [0.717, 1.165) is 12.0 Å². The van der Waals surface area contributed by atoms with Gasteiger partial charge in [-0.05, 0) is 56.7 Å². The fraction of sp³-hybridized carbons (Fsp3) is 0.300. The number of aryl methyl sites for hydroxylation is 1. The van der Waals surface area contributed by atoms with Crippen LogP contribution < -0.4 is 15.4 Å². The molecule has 5 heteroatoms. The summed E-state index contributed by atoms with van der Waals surface area (Å²) in [7, 11) is 0. The summed E-state index contributed by atoms with van der Waals surface area (Å²) in [5.41, 5.74) is 2.32. The first-order valence-electron chi connectivity index (χ1n) is 8.38. The molecular formula is C20H24N2O3. The van der Waals surface area contributed by atoms with Crippen LogP contribution in [0.2, 0.25) is 0 Å². The van der Waals surface area contributed by atoms with E-state index in [-0.39, 0.29) is 24.5 Å². The van der Waals surface area contributed by atoms with E-state index in [0.29, 0.717) is 17.0 Å². The van der Waals surface area contributed by atoms with E-state index < -0.39 is 0 Å². The normalized spacial score (nSPS) is 11.5. The van der Waals surface area contributed by atoms with Crippen molar-refractivity contribution in [2.24, 2.45) is 0 Å². The van der Waals surface area contributed by atoms with Crippen LogP contribution in [0.3, 0.4) is 0 Å². The molecule has 2 aromatic rings. The standard InChI is InChI=1S/C20H24N2O3/c1-4-15(3)21-20(24)16-7-9-17(10-8-16)22-19(23)13-25-18-11-5-14(2)6-12-18/h5-12,15H,4,13H2,1-3H3,(H,21,24)(H,22,23). The van der Waals surface area contributed by atoms with Gasteiger partial charge in [-0.1, -0.05) is 24.6 Å². The highest BCUT2D eigenvalue weighted by atomic mass is 16.5. The van der Waals surface area contributed by atoms with Gasteiger partial charge in [-0.15, -0.1) is 0 Å². The minimum atomic E-state index is -0.252. The Bertz CT molecular complexity index is 709. The van der Waals surface area contributed by atoms with Gasteiger partial charge >= 0.3 is 0 Å². The Hall–Kier alpha value is -2.82. The highest BCUT2D eigenvalue weighted by Gasteiger charge is 2.09. The van der Waals surface area contributed by atoms with Gasteiger partial charge in [0.05, 0.1) is 0 Å². The molecule has 0 fully saturated rings. The SMILES string of the molecule is CCC(C)NC(=O)c1ccc(NC(=O)COc2ccc(C)cc2)cc1. The summed E-state index contributed by atoms with van der Waals surface area (Å²) in [4.78, 5) is 24.0. The largest absolute Gasteiger partial charge is 0.484 e. The molecule has 0 saturated heterocycles. The molecule has 1 unspecified atom stereocenters. The van der Waals surface area contributed by atoms with E-state index in [1.807, 2.05) is 45.0 Å². The molecule has 2 amide bonds. The maximum absolute atomic E-state index is 12.0. The van der Waals surface area contributed by atoms with Crippen LogP contribution in [0.25, 0.3) is 0 Å². The van der Waals surface area contributed by atoms with Crippen LogP contribution in [-0.2, 0) is 4.79 Å². The van der Waals surface area contributed by atoms with E-state index in [2.05, 4.69) is 10.6 Å². The average Bonchev–Trinajstić information content (AvgIpc) is 2.61. The summed E-state index contributed by atoms with van der Waals surface area (Å²) < 4.78 is 5.44. The Morgan fingerprint density at radius 3 is 2.28 bits per heavy atom. The van der Waals surface area contributed by atoms with E-state index in [9.17, 15) is 9.59 Å². The third-order valence-electron chi connectivity index (χ3n) is 3.81. The Kier molecular flexibility index (Phi) is 6.57. The number of carbonyl (C=O) groups is 2. The van der Waals surface area contributed by atoms with Crippen molar-refractivity contribution in [1.29, 1.82) is 0 Å². The van der Waals surface area contributed by atoms with Gasteiger partial charge in [0, 0.05) is 17.3 Å². The zero-order valence-corrected chi connectivity index (χ0v) is 14.8. The van der Waals surface area contributed by atoms with Crippen molar-refractivity contribution in [2.75, 3.05) is 11.9 Å². The first kappa shape index (κ1) is 18.5. The number of hydrogen-bond acceptors (Lipinski definition) is 3. The Morgan fingerprint density at radius 1 is 1.04 bits per heavy atom. The van der Waals surface area contributed by atoms with E-state index in [4.69, 9.17) is 4.74 Å². The number of amides is 2. The quantitative estimate of drug-likeness (QED) is 0.810. The minimum Gasteiger partial charge on any atom is -0.484 e. The fourth-order valence-electron chi connectivity index (χ4n) is 2.09. The van der Waals surface area contributed by atoms with Crippen molar-refractivity contribution in [3.63, 3.8) is 0 Å². The second kappa shape index (κ2) is 8.87. The lowest BCUT2D eigenvalue weighted by molar-refractivity contribution is -0.118. The van der Waals surface area contributed by atoms with E-state index in [1.54, 1.807) is 24.3 Å². The number of carbonyl (C=O) groups excluding carboxylic acids is 2. The lowest BCUT2D eigenvalue weighted by Crippen LogP contribution is -2.31. The number of ether oxygens (including phenoxy) is 1. The first-order chi connectivity index (χ1) is 12.0. The maximum Gasteiger partial charge on any atom is 0.262 e. The lowest BCUT2D eigenvalue weighted by Gasteiger charge is -2.12. The summed E-state index contributed by atoms with van der Waals surface area (Å²) in [5, 5.41) is 5.65. The summed E-state index contributed by atoms with van der Waals surface area (Å²) in [5.74, 6) is 0.283. The van der Waals surface area contributed by atoms with Crippen molar-refractivity contribution in [2.45, 2.75) is 33.2 Å². The van der Waals surface area contributed by atoms with Crippen molar-refractivity contribution in [1.82, 2.24) is 5.32 Å². The van der Waals surface area contributed by atoms with Crippen molar-refractivity contribution in [3.8, 4) is 5.75 Å². The van der Waals surface area contributed by atoms with Crippen LogP contribution >= 0.6 is 0 Å².